The van der Waals surface area contributed by atoms with Crippen LogP contribution in [0.25, 0.3) is 0 Å². The summed E-state index contributed by atoms with van der Waals surface area (Å²) < 4.78 is 6.23. The van der Waals surface area contributed by atoms with Crippen LogP contribution in [0, 0.1) is 0 Å². The van der Waals surface area contributed by atoms with E-state index in [9.17, 15) is 5.11 Å². The normalized spacial score (nSPS) is 10.1. The molecule has 0 heterocycles. The first-order valence-electron chi connectivity index (χ1n) is 5.54. The summed E-state index contributed by atoms with van der Waals surface area (Å²) in [5.74, 6) is 1.10. The van der Waals surface area contributed by atoms with Crippen LogP contribution in [0.1, 0.15) is 5.56 Å². The number of aromatic hydroxyl groups is 1. The largest absolute Gasteiger partial charge is 0.508 e. The SMILES string of the molecule is COc1ccc(Br)c(CNc2ccc(O)cc2)c1. The van der Waals surface area contributed by atoms with Gasteiger partial charge in [-0.15, -0.1) is 0 Å². The molecule has 0 aliphatic heterocycles. The van der Waals surface area contributed by atoms with Gasteiger partial charge in [0.2, 0.25) is 0 Å². The van der Waals surface area contributed by atoms with Crippen molar-refractivity contribution in [2.45, 2.75) is 6.54 Å². The zero-order chi connectivity index (χ0) is 13.0. The summed E-state index contributed by atoms with van der Waals surface area (Å²) >= 11 is 3.51. The van der Waals surface area contributed by atoms with Crippen molar-refractivity contribution in [1.29, 1.82) is 0 Å². The van der Waals surface area contributed by atoms with Crippen LogP contribution in [-0.2, 0) is 6.54 Å². The Bertz CT molecular complexity index is 526. The number of ether oxygens (including phenoxy) is 1. The maximum atomic E-state index is 9.20. The fourth-order valence-electron chi connectivity index (χ4n) is 1.59. The van der Waals surface area contributed by atoms with E-state index in [4.69, 9.17) is 4.74 Å². The number of halogens is 1. The Morgan fingerprint density at radius 3 is 2.56 bits per heavy atom. The van der Waals surface area contributed by atoms with Crippen molar-refractivity contribution in [3.05, 3.63) is 52.5 Å². The van der Waals surface area contributed by atoms with Gasteiger partial charge in [0.05, 0.1) is 7.11 Å². The summed E-state index contributed by atoms with van der Waals surface area (Å²) in [7, 11) is 1.65. The molecule has 94 valence electrons. The van der Waals surface area contributed by atoms with Crippen molar-refractivity contribution in [3.63, 3.8) is 0 Å². The molecular weight excluding hydrogens is 294 g/mol. The smallest absolute Gasteiger partial charge is 0.119 e. The number of phenolic OH excluding ortho intramolecular Hbond substituents is 1. The average molecular weight is 308 g/mol. The van der Waals surface area contributed by atoms with Gasteiger partial charge >= 0.3 is 0 Å². The Labute approximate surface area is 115 Å². The molecule has 0 unspecified atom stereocenters. The van der Waals surface area contributed by atoms with Gasteiger partial charge in [-0.2, -0.15) is 0 Å². The first-order chi connectivity index (χ1) is 8.69. The molecule has 2 aromatic carbocycles. The summed E-state index contributed by atoms with van der Waals surface area (Å²) in [6.45, 7) is 0.683. The van der Waals surface area contributed by atoms with E-state index in [-0.39, 0.29) is 5.75 Å². The molecule has 0 aliphatic rings. The quantitative estimate of drug-likeness (QED) is 0.845. The molecule has 2 rings (SSSR count). The lowest BCUT2D eigenvalue weighted by atomic mass is 10.2. The van der Waals surface area contributed by atoms with E-state index in [1.807, 2.05) is 30.3 Å². The summed E-state index contributed by atoms with van der Waals surface area (Å²) in [5.41, 5.74) is 2.07. The van der Waals surface area contributed by atoms with Crippen LogP contribution in [0.5, 0.6) is 11.5 Å². The monoisotopic (exact) mass is 307 g/mol. The Kier molecular flexibility index (Phi) is 4.10. The average Bonchev–Trinajstić information content (AvgIpc) is 2.40. The zero-order valence-corrected chi connectivity index (χ0v) is 11.6. The lowest BCUT2D eigenvalue weighted by Gasteiger charge is -2.10. The molecule has 3 nitrogen and oxygen atoms in total. The molecule has 0 bridgehead atoms. The number of nitrogens with one attached hydrogen (secondary N) is 1. The molecule has 0 aliphatic carbocycles. The first kappa shape index (κ1) is 12.8. The van der Waals surface area contributed by atoms with Gasteiger partial charge in [-0.05, 0) is 48.0 Å². The van der Waals surface area contributed by atoms with E-state index in [1.54, 1.807) is 19.2 Å². The van der Waals surface area contributed by atoms with Crippen molar-refractivity contribution < 1.29 is 9.84 Å². The highest BCUT2D eigenvalue weighted by Gasteiger charge is 2.02. The van der Waals surface area contributed by atoms with Crippen LogP contribution in [-0.4, -0.2) is 12.2 Å². The fraction of sp³-hybridized carbons (Fsp3) is 0.143. The predicted octanol–water partition coefficient (Wildman–Crippen LogP) is 3.78. The van der Waals surface area contributed by atoms with Crippen LogP contribution >= 0.6 is 15.9 Å². The predicted molar refractivity (Wildman–Crippen MR) is 76.1 cm³/mol. The van der Waals surface area contributed by atoms with E-state index in [0.717, 1.165) is 21.5 Å². The molecule has 4 heteroatoms. The number of phenols is 1. The van der Waals surface area contributed by atoms with Gasteiger partial charge in [-0.25, -0.2) is 0 Å². The van der Waals surface area contributed by atoms with Crippen LogP contribution in [0.3, 0.4) is 0 Å². The minimum absolute atomic E-state index is 0.267. The Morgan fingerprint density at radius 2 is 1.89 bits per heavy atom. The van der Waals surface area contributed by atoms with E-state index in [0.29, 0.717) is 6.54 Å². The molecule has 0 saturated heterocycles. The number of hydrogen-bond donors (Lipinski definition) is 2. The molecule has 0 amide bonds. The number of methoxy groups -OCH3 is 1. The molecule has 0 radical (unpaired) electrons. The molecular formula is C14H14BrNO2. The topological polar surface area (TPSA) is 41.5 Å². The van der Waals surface area contributed by atoms with Crippen LogP contribution < -0.4 is 10.1 Å². The molecule has 0 fully saturated rings. The number of benzene rings is 2. The Hall–Kier alpha value is -1.68. The minimum Gasteiger partial charge on any atom is -0.508 e. The van der Waals surface area contributed by atoms with Gasteiger partial charge in [0, 0.05) is 16.7 Å². The molecule has 2 N–H and O–H groups in total. The standard InChI is InChI=1S/C14H14BrNO2/c1-18-13-6-7-14(15)10(8-13)9-16-11-2-4-12(17)5-3-11/h2-8,16-17H,9H2,1H3. The fourth-order valence-corrected chi connectivity index (χ4v) is 1.98. The maximum Gasteiger partial charge on any atom is 0.119 e. The van der Waals surface area contributed by atoms with E-state index < -0.39 is 0 Å². The summed E-state index contributed by atoms with van der Waals surface area (Å²) in [6, 6.07) is 12.8. The third-order valence-electron chi connectivity index (χ3n) is 2.60. The van der Waals surface area contributed by atoms with Gasteiger partial charge in [0.1, 0.15) is 11.5 Å². The second kappa shape index (κ2) is 5.78. The number of rotatable bonds is 4. The molecule has 0 aromatic heterocycles. The van der Waals surface area contributed by atoms with E-state index in [1.165, 1.54) is 0 Å². The summed E-state index contributed by atoms with van der Waals surface area (Å²) in [6.07, 6.45) is 0. The summed E-state index contributed by atoms with van der Waals surface area (Å²) in [5, 5.41) is 12.5. The van der Waals surface area contributed by atoms with Crippen molar-refractivity contribution in [1.82, 2.24) is 0 Å². The Balaban J connectivity index is 2.07. The van der Waals surface area contributed by atoms with Gasteiger partial charge in [-0.1, -0.05) is 15.9 Å². The molecule has 0 saturated carbocycles. The van der Waals surface area contributed by atoms with Crippen molar-refractivity contribution in [2.24, 2.45) is 0 Å². The van der Waals surface area contributed by atoms with Crippen molar-refractivity contribution in [2.75, 3.05) is 12.4 Å². The highest BCUT2D eigenvalue weighted by molar-refractivity contribution is 9.10. The van der Waals surface area contributed by atoms with Gasteiger partial charge in [0.15, 0.2) is 0 Å². The van der Waals surface area contributed by atoms with Gasteiger partial charge in [0.25, 0.3) is 0 Å². The van der Waals surface area contributed by atoms with Crippen LogP contribution in [0.4, 0.5) is 5.69 Å². The van der Waals surface area contributed by atoms with Gasteiger partial charge < -0.3 is 15.2 Å². The second-order valence-electron chi connectivity index (χ2n) is 3.86. The highest BCUT2D eigenvalue weighted by atomic mass is 79.9. The molecule has 2 aromatic rings. The van der Waals surface area contributed by atoms with E-state index >= 15 is 0 Å². The molecule has 0 atom stereocenters. The minimum atomic E-state index is 0.267. The number of anilines is 1. The first-order valence-corrected chi connectivity index (χ1v) is 6.33. The molecule has 0 spiro atoms. The van der Waals surface area contributed by atoms with E-state index in [2.05, 4.69) is 21.2 Å². The third-order valence-corrected chi connectivity index (χ3v) is 3.38. The highest BCUT2D eigenvalue weighted by Crippen LogP contribution is 2.23. The van der Waals surface area contributed by atoms with Crippen molar-refractivity contribution in [3.8, 4) is 11.5 Å². The lowest BCUT2D eigenvalue weighted by molar-refractivity contribution is 0.414. The summed E-state index contributed by atoms with van der Waals surface area (Å²) in [4.78, 5) is 0. The van der Waals surface area contributed by atoms with Crippen LogP contribution in [0.15, 0.2) is 46.9 Å². The second-order valence-corrected chi connectivity index (χ2v) is 4.71. The Morgan fingerprint density at radius 1 is 1.17 bits per heavy atom. The van der Waals surface area contributed by atoms with Crippen molar-refractivity contribution >= 4 is 21.6 Å². The van der Waals surface area contributed by atoms with Crippen LogP contribution in [0.2, 0.25) is 0 Å². The third kappa shape index (κ3) is 3.17. The zero-order valence-electron chi connectivity index (χ0n) is 9.98. The van der Waals surface area contributed by atoms with Gasteiger partial charge in [-0.3, -0.25) is 0 Å². The number of hydrogen-bond acceptors (Lipinski definition) is 3. The lowest BCUT2D eigenvalue weighted by Crippen LogP contribution is -2.00. The molecule has 18 heavy (non-hydrogen) atoms. The maximum absolute atomic E-state index is 9.20.